The minimum atomic E-state index is -0.0905. The molecule has 3 rings (SSSR count). The lowest BCUT2D eigenvalue weighted by molar-refractivity contribution is 0.143. The fraction of sp³-hybridized carbons (Fsp3) is 0.333. The summed E-state index contributed by atoms with van der Waals surface area (Å²) in [5, 5.41) is 3.51. The van der Waals surface area contributed by atoms with Gasteiger partial charge in [0.25, 0.3) is 0 Å². The predicted octanol–water partition coefficient (Wildman–Crippen LogP) is 3.39. The van der Waals surface area contributed by atoms with Gasteiger partial charge in [-0.3, -0.25) is 9.88 Å². The second kappa shape index (κ2) is 7.64. The monoisotopic (exact) mass is 344 g/mol. The number of halogens is 1. The molecule has 0 saturated carbocycles. The van der Waals surface area contributed by atoms with Crippen molar-refractivity contribution in [1.29, 1.82) is 0 Å². The highest BCUT2D eigenvalue weighted by molar-refractivity contribution is 6.33. The summed E-state index contributed by atoms with van der Waals surface area (Å²) in [5.74, 6) is 0. The first-order chi connectivity index (χ1) is 11.6. The topological polar surface area (TPSA) is 48.5 Å². The fourth-order valence-corrected chi connectivity index (χ4v) is 3.10. The predicted molar refractivity (Wildman–Crippen MR) is 96.3 cm³/mol. The molecule has 0 atom stereocenters. The van der Waals surface area contributed by atoms with Crippen LogP contribution in [0.5, 0.6) is 0 Å². The van der Waals surface area contributed by atoms with Crippen molar-refractivity contribution in [2.45, 2.75) is 13.5 Å². The number of rotatable bonds is 3. The van der Waals surface area contributed by atoms with Crippen molar-refractivity contribution in [2.75, 3.05) is 31.5 Å². The normalized spacial score (nSPS) is 15.3. The number of nitrogens with one attached hydrogen (secondary N) is 1. The van der Waals surface area contributed by atoms with Gasteiger partial charge in [-0.15, -0.1) is 0 Å². The van der Waals surface area contributed by atoms with E-state index in [4.69, 9.17) is 11.6 Å². The molecule has 0 aliphatic carbocycles. The van der Waals surface area contributed by atoms with E-state index < -0.39 is 0 Å². The third-order valence-electron chi connectivity index (χ3n) is 4.24. The first-order valence-electron chi connectivity index (χ1n) is 8.06. The van der Waals surface area contributed by atoms with E-state index in [1.54, 1.807) is 12.3 Å². The van der Waals surface area contributed by atoms with Gasteiger partial charge in [0.05, 0.1) is 10.7 Å². The Morgan fingerprint density at radius 3 is 2.67 bits per heavy atom. The maximum atomic E-state index is 12.5. The number of aromatic nitrogens is 1. The average molecular weight is 345 g/mol. The molecule has 6 heteroatoms. The van der Waals surface area contributed by atoms with Crippen LogP contribution >= 0.6 is 11.6 Å². The SMILES string of the molecule is Cc1cccc(Cl)c1NC(=O)N1CCN(Cc2cccnc2)CC1. The van der Waals surface area contributed by atoms with Crippen LogP contribution in [0, 0.1) is 6.92 Å². The second-order valence-electron chi connectivity index (χ2n) is 5.99. The number of aryl methyl sites for hydroxylation is 1. The van der Waals surface area contributed by atoms with Gasteiger partial charge in [-0.2, -0.15) is 0 Å². The Bertz CT molecular complexity index is 679. The van der Waals surface area contributed by atoms with Crippen LogP contribution in [-0.2, 0) is 6.54 Å². The smallest absolute Gasteiger partial charge is 0.321 e. The van der Waals surface area contributed by atoms with Gasteiger partial charge in [0.15, 0.2) is 0 Å². The Labute approximate surface area is 147 Å². The highest BCUT2D eigenvalue weighted by Gasteiger charge is 2.22. The van der Waals surface area contributed by atoms with Gasteiger partial charge in [0.2, 0.25) is 0 Å². The highest BCUT2D eigenvalue weighted by atomic mass is 35.5. The highest BCUT2D eigenvalue weighted by Crippen LogP contribution is 2.25. The number of benzene rings is 1. The molecule has 5 nitrogen and oxygen atoms in total. The number of carbonyl (C=O) groups excluding carboxylic acids is 1. The molecule has 2 heterocycles. The lowest BCUT2D eigenvalue weighted by Crippen LogP contribution is -2.49. The van der Waals surface area contributed by atoms with Crippen molar-refractivity contribution in [3.8, 4) is 0 Å². The average Bonchev–Trinajstić information content (AvgIpc) is 2.60. The van der Waals surface area contributed by atoms with E-state index in [0.29, 0.717) is 23.8 Å². The summed E-state index contributed by atoms with van der Waals surface area (Å²) < 4.78 is 0. The summed E-state index contributed by atoms with van der Waals surface area (Å²) in [7, 11) is 0. The molecule has 1 aliphatic heterocycles. The number of amides is 2. The summed E-state index contributed by atoms with van der Waals surface area (Å²) in [4.78, 5) is 20.8. The number of anilines is 1. The van der Waals surface area contributed by atoms with E-state index in [0.717, 1.165) is 25.2 Å². The number of hydrogen-bond donors (Lipinski definition) is 1. The van der Waals surface area contributed by atoms with Gasteiger partial charge in [-0.25, -0.2) is 4.79 Å². The zero-order valence-electron chi connectivity index (χ0n) is 13.7. The van der Waals surface area contributed by atoms with Gasteiger partial charge < -0.3 is 10.2 Å². The number of urea groups is 1. The molecular weight excluding hydrogens is 324 g/mol. The molecule has 2 amide bonds. The van der Waals surface area contributed by atoms with Gasteiger partial charge >= 0.3 is 6.03 Å². The number of para-hydroxylation sites is 1. The molecule has 0 spiro atoms. The van der Waals surface area contributed by atoms with Crippen molar-refractivity contribution in [3.63, 3.8) is 0 Å². The molecule has 1 aromatic carbocycles. The van der Waals surface area contributed by atoms with Crippen LogP contribution in [0.1, 0.15) is 11.1 Å². The third kappa shape index (κ3) is 4.04. The van der Waals surface area contributed by atoms with Crippen molar-refractivity contribution in [3.05, 3.63) is 58.9 Å². The molecule has 0 unspecified atom stereocenters. The van der Waals surface area contributed by atoms with E-state index in [1.807, 2.05) is 36.2 Å². The van der Waals surface area contributed by atoms with Crippen molar-refractivity contribution in [1.82, 2.24) is 14.8 Å². The molecule has 1 aliphatic rings. The zero-order chi connectivity index (χ0) is 16.9. The maximum absolute atomic E-state index is 12.5. The molecule has 0 bridgehead atoms. The molecule has 2 aromatic rings. The standard InChI is InChI=1S/C18H21ClN4O/c1-14-4-2-6-16(19)17(14)21-18(24)23-10-8-22(9-11-23)13-15-5-3-7-20-12-15/h2-7,12H,8-11,13H2,1H3,(H,21,24). The van der Waals surface area contributed by atoms with E-state index in [-0.39, 0.29) is 6.03 Å². The van der Waals surface area contributed by atoms with Crippen molar-refractivity contribution < 1.29 is 4.79 Å². The first kappa shape index (κ1) is 16.7. The zero-order valence-corrected chi connectivity index (χ0v) is 14.5. The molecule has 1 aromatic heterocycles. The Kier molecular flexibility index (Phi) is 5.33. The molecule has 24 heavy (non-hydrogen) atoms. The lowest BCUT2D eigenvalue weighted by atomic mass is 10.2. The van der Waals surface area contributed by atoms with E-state index >= 15 is 0 Å². The fourth-order valence-electron chi connectivity index (χ4n) is 2.84. The van der Waals surface area contributed by atoms with Crippen LogP contribution in [-0.4, -0.2) is 47.0 Å². The van der Waals surface area contributed by atoms with E-state index in [1.165, 1.54) is 5.56 Å². The van der Waals surface area contributed by atoms with E-state index in [2.05, 4.69) is 21.3 Å². The molecule has 126 valence electrons. The molecule has 1 N–H and O–H groups in total. The van der Waals surface area contributed by atoms with Crippen LogP contribution in [0.2, 0.25) is 5.02 Å². The van der Waals surface area contributed by atoms with Gasteiger partial charge in [0.1, 0.15) is 0 Å². The molecular formula is C18H21ClN4O. The van der Waals surface area contributed by atoms with Crippen LogP contribution in [0.4, 0.5) is 10.5 Å². The number of nitrogens with zero attached hydrogens (tertiary/aromatic N) is 3. The number of hydrogen-bond acceptors (Lipinski definition) is 3. The number of piperazine rings is 1. The minimum absolute atomic E-state index is 0.0905. The first-order valence-corrected chi connectivity index (χ1v) is 8.43. The van der Waals surface area contributed by atoms with Crippen LogP contribution < -0.4 is 5.32 Å². The van der Waals surface area contributed by atoms with Crippen LogP contribution in [0.15, 0.2) is 42.7 Å². The van der Waals surface area contributed by atoms with Crippen LogP contribution in [0.3, 0.4) is 0 Å². The number of pyridine rings is 1. The van der Waals surface area contributed by atoms with Crippen LogP contribution in [0.25, 0.3) is 0 Å². The summed E-state index contributed by atoms with van der Waals surface area (Å²) in [6.07, 6.45) is 3.67. The largest absolute Gasteiger partial charge is 0.322 e. The Morgan fingerprint density at radius 1 is 1.21 bits per heavy atom. The molecule has 1 saturated heterocycles. The summed E-state index contributed by atoms with van der Waals surface area (Å²) in [6, 6.07) is 9.54. The quantitative estimate of drug-likeness (QED) is 0.928. The van der Waals surface area contributed by atoms with Crippen molar-refractivity contribution >= 4 is 23.3 Å². The molecule has 0 radical (unpaired) electrons. The minimum Gasteiger partial charge on any atom is -0.322 e. The van der Waals surface area contributed by atoms with Crippen molar-refractivity contribution in [2.24, 2.45) is 0 Å². The molecule has 1 fully saturated rings. The van der Waals surface area contributed by atoms with Gasteiger partial charge in [0, 0.05) is 45.1 Å². The Balaban J connectivity index is 1.54. The maximum Gasteiger partial charge on any atom is 0.321 e. The lowest BCUT2D eigenvalue weighted by Gasteiger charge is -2.34. The summed E-state index contributed by atoms with van der Waals surface area (Å²) in [6.45, 7) is 5.92. The summed E-state index contributed by atoms with van der Waals surface area (Å²) >= 11 is 6.18. The number of carbonyl (C=O) groups is 1. The third-order valence-corrected chi connectivity index (χ3v) is 4.56. The second-order valence-corrected chi connectivity index (χ2v) is 6.39. The summed E-state index contributed by atoms with van der Waals surface area (Å²) in [5.41, 5.74) is 2.86. The Morgan fingerprint density at radius 2 is 2.00 bits per heavy atom. The van der Waals surface area contributed by atoms with Gasteiger partial charge in [-0.05, 0) is 30.2 Å². The Hall–Kier alpha value is -2.11. The van der Waals surface area contributed by atoms with Gasteiger partial charge in [-0.1, -0.05) is 29.8 Å². The van der Waals surface area contributed by atoms with E-state index in [9.17, 15) is 4.79 Å².